The summed E-state index contributed by atoms with van der Waals surface area (Å²) in [6.07, 6.45) is 8.83. The van der Waals surface area contributed by atoms with E-state index < -0.39 is 0 Å². The molecule has 0 amide bonds. The van der Waals surface area contributed by atoms with Crippen LogP contribution in [0.5, 0.6) is 0 Å². The molecule has 0 radical (unpaired) electrons. The number of aromatic nitrogens is 1. The Kier molecular flexibility index (Phi) is 6.73. The van der Waals surface area contributed by atoms with Gasteiger partial charge in [0.05, 0.1) is 16.7 Å². The van der Waals surface area contributed by atoms with E-state index in [4.69, 9.17) is 4.99 Å². The van der Waals surface area contributed by atoms with Crippen molar-refractivity contribution >= 4 is 108 Å². The maximum absolute atomic E-state index is 5.62. The second-order valence-electron chi connectivity index (χ2n) is 15.6. The highest BCUT2D eigenvalue weighted by atomic mass is 32.1. The van der Waals surface area contributed by atoms with Crippen LogP contribution in [0, 0.1) is 0 Å². The van der Waals surface area contributed by atoms with E-state index >= 15 is 0 Å². The molecule has 0 saturated carbocycles. The highest BCUT2D eigenvalue weighted by molar-refractivity contribution is 7.25. The summed E-state index contributed by atoms with van der Waals surface area (Å²) in [4.78, 5) is 5.62. The van der Waals surface area contributed by atoms with Gasteiger partial charge in [-0.2, -0.15) is 4.99 Å². The summed E-state index contributed by atoms with van der Waals surface area (Å²) >= 11 is 1.87. The number of rotatable bonds is 2. The molecule has 3 heterocycles. The van der Waals surface area contributed by atoms with Gasteiger partial charge in [-0.15, -0.1) is 11.3 Å². The van der Waals surface area contributed by atoms with Crippen LogP contribution in [-0.4, -0.2) is 16.6 Å². The lowest BCUT2D eigenvalue weighted by Crippen LogP contribution is -2.95. The second-order valence-corrected chi connectivity index (χ2v) is 16.6. The van der Waals surface area contributed by atoms with E-state index in [1.54, 1.807) is 0 Å². The summed E-state index contributed by atoms with van der Waals surface area (Å²) in [6, 6.07) is 60.7. The van der Waals surface area contributed by atoms with Gasteiger partial charge in [0.1, 0.15) is 6.04 Å². The average Bonchev–Trinajstić information content (AvgIpc) is 3.85. The minimum atomic E-state index is 0.105. The van der Waals surface area contributed by atoms with Crippen LogP contribution in [0.4, 0.5) is 0 Å². The van der Waals surface area contributed by atoms with Crippen LogP contribution in [0.3, 0.4) is 0 Å². The molecule has 0 spiro atoms. The van der Waals surface area contributed by atoms with Crippen LogP contribution >= 0.6 is 11.3 Å². The molecule has 0 fully saturated rings. The van der Waals surface area contributed by atoms with Gasteiger partial charge in [-0.1, -0.05) is 152 Å². The molecule has 270 valence electrons. The Hall–Kier alpha value is -7.11. The van der Waals surface area contributed by atoms with Gasteiger partial charge >= 0.3 is 5.96 Å². The third-order valence-corrected chi connectivity index (χ3v) is 13.6. The zero-order valence-corrected chi connectivity index (χ0v) is 32.2. The Morgan fingerprint density at radius 1 is 0.500 bits per heavy atom. The van der Waals surface area contributed by atoms with Gasteiger partial charge in [-0.05, 0) is 79.9 Å². The van der Waals surface area contributed by atoms with Crippen molar-refractivity contribution in [3.8, 4) is 11.1 Å². The number of thiophene rings is 1. The first-order valence-electron chi connectivity index (χ1n) is 20.0. The summed E-state index contributed by atoms with van der Waals surface area (Å²) in [5.74, 6) is 0.949. The summed E-state index contributed by atoms with van der Waals surface area (Å²) < 4.78 is 5.12. The lowest BCUT2D eigenvalue weighted by atomic mass is 9.88. The molecule has 58 heavy (non-hydrogen) atoms. The highest BCUT2D eigenvalue weighted by Gasteiger charge is 2.32. The lowest BCUT2D eigenvalue weighted by molar-refractivity contribution is -0.563. The summed E-state index contributed by atoms with van der Waals surface area (Å²) in [7, 11) is 0. The van der Waals surface area contributed by atoms with Gasteiger partial charge in [0.25, 0.3) is 0 Å². The van der Waals surface area contributed by atoms with E-state index in [1.807, 2.05) is 11.3 Å². The fourth-order valence-corrected chi connectivity index (χ4v) is 11.1. The zero-order chi connectivity index (χ0) is 37.9. The number of nitrogens with two attached hydrogens (primary N) is 1. The highest BCUT2D eigenvalue weighted by Crippen LogP contribution is 2.48. The van der Waals surface area contributed by atoms with E-state index in [2.05, 4.69) is 198 Å². The molecular weight excluding hydrogens is 723 g/mol. The predicted molar refractivity (Wildman–Crippen MR) is 248 cm³/mol. The first-order chi connectivity index (χ1) is 28.8. The van der Waals surface area contributed by atoms with Crippen LogP contribution < -0.4 is 5.32 Å². The van der Waals surface area contributed by atoms with Crippen molar-refractivity contribution in [3.63, 3.8) is 0 Å². The Balaban J connectivity index is 1.21. The van der Waals surface area contributed by atoms with Crippen molar-refractivity contribution in [2.75, 3.05) is 0 Å². The van der Waals surface area contributed by atoms with Crippen molar-refractivity contribution in [2.45, 2.75) is 6.04 Å². The largest absolute Gasteiger partial charge is 0.312 e. The van der Waals surface area contributed by atoms with Crippen LogP contribution in [-0.2, 0) is 0 Å². The van der Waals surface area contributed by atoms with Gasteiger partial charge in [0.15, 0.2) is 0 Å². The number of fused-ring (bicyclic) bond motifs is 16. The van der Waals surface area contributed by atoms with Crippen LogP contribution in [0.2, 0.25) is 0 Å². The number of nitrogens with zero attached hydrogens (tertiary/aromatic N) is 2. The monoisotopic (exact) mass is 756 g/mol. The minimum Gasteiger partial charge on any atom is -0.272 e. The maximum atomic E-state index is 5.62. The number of aliphatic imine (C=N–C) groups is 1. The molecule has 9 aromatic carbocycles. The molecule has 1 aliphatic carbocycles. The molecule has 2 N–H and O–H groups in total. The molecule has 1 aliphatic heterocycles. The second kappa shape index (κ2) is 12.2. The molecule has 2 aromatic heterocycles. The first kappa shape index (κ1) is 32.0. The smallest absolute Gasteiger partial charge is 0.272 e. The van der Waals surface area contributed by atoms with Crippen molar-refractivity contribution < 1.29 is 5.32 Å². The van der Waals surface area contributed by atoms with Crippen LogP contribution in [0.25, 0.3) is 102 Å². The SMILES string of the molecule is C1=CC2=C(c3ccccc3)N=C(n3c4ccc5ccccc5c4c4c5c6ccccc6c(-c6ccc7sc8ccccc8c7c6)cc5c5ccccc5c43)[NH2+]C2C=C1. The summed E-state index contributed by atoms with van der Waals surface area (Å²) in [5, 5.41) is 17.5. The van der Waals surface area contributed by atoms with Crippen LogP contribution in [0.1, 0.15) is 5.56 Å². The fourth-order valence-electron chi connectivity index (χ4n) is 9.98. The van der Waals surface area contributed by atoms with Crippen molar-refractivity contribution in [3.05, 3.63) is 199 Å². The third-order valence-electron chi connectivity index (χ3n) is 12.5. The molecule has 4 heteroatoms. The quantitative estimate of drug-likeness (QED) is 0.171. The standard InChI is InChI=1S/C54H33N3S/c1-2-15-33(16-3-1)52-41-23-10-12-24-45(41)55-54(56-52)57-46-28-26-32-14-4-5-17-35(32)50(46)51-49-39-21-8-6-18-36(39)42(31-44(49)37-19-7-9-22-40(37)53(51)57)34-27-29-48-43(30-34)38-20-11-13-25-47(38)58-48/h1-31,45H,(H,55,56)/p+1. The maximum Gasteiger partial charge on any atom is 0.312 e. The predicted octanol–water partition coefficient (Wildman–Crippen LogP) is 13.1. The number of allylic oxidation sites excluding steroid dienone is 2. The summed E-state index contributed by atoms with van der Waals surface area (Å²) in [5.41, 5.74) is 8.23. The average molecular weight is 757 g/mol. The van der Waals surface area contributed by atoms with E-state index in [9.17, 15) is 0 Å². The fraction of sp³-hybridized carbons (Fsp3) is 0.0185. The molecule has 3 nitrogen and oxygen atoms in total. The van der Waals surface area contributed by atoms with Crippen molar-refractivity contribution in [1.29, 1.82) is 0 Å². The normalized spacial score (nSPS) is 15.6. The first-order valence-corrected chi connectivity index (χ1v) is 20.8. The van der Waals surface area contributed by atoms with E-state index in [0.717, 1.165) is 22.7 Å². The number of benzene rings is 9. The topological polar surface area (TPSA) is 33.9 Å². The molecule has 2 aliphatic rings. The minimum absolute atomic E-state index is 0.105. The Morgan fingerprint density at radius 2 is 1.22 bits per heavy atom. The van der Waals surface area contributed by atoms with Crippen molar-refractivity contribution in [2.24, 2.45) is 4.99 Å². The molecule has 13 rings (SSSR count). The Morgan fingerprint density at radius 3 is 2.10 bits per heavy atom. The Bertz CT molecular complexity index is 3710. The van der Waals surface area contributed by atoms with Crippen molar-refractivity contribution in [1.82, 2.24) is 4.57 Å². The molecule has 0 bridgehead atoms. The lowest BCUT2D eigenvalue weighted by Gasteiger charge is -2.24. The van der Waals surface area contributed by atoms with Crippen LogP contribution in [0.15, 0.2) is 199 Å². The molecule has 11 aromatic rings. The van der Waals surface area contributed by atoms with E-state index in [-0.39, 0.29) is 6.04 Å². The van der Waals surface area contributed by atoms with Gasteiger partial charge in [-0.25, -0.2) is 4.57 Å². The Labute approximate surface area is 337 Å². The zero-order valence-electron chi connectivity index (χ0n) is 31.4. The number of hydrogen-bond donors (Lipinski definition) is 1. The van der Waals surface area contributed by atoms with Gasteiger partial charge in [0, 0.05) is 52.9 Å². The molecule has 1 atom stereocenters. The van der Waals surface area contributed by atoms with E-state index in [0.29, 0.717) is 0 Å². The molecule has 1 unspecified atom stereocenters. The van der Waals surface area contributed by atoms with E-state index in [1.165, 1.54) is 96.3 Å². The number of quaternary nitrogens is 1. The molecular formula is C54H34N3S+. The van der Waals surface area contributed by atoms with Gasteiger partial charge < -0.3 is 0 Å². The van der Waals surface area contributed by atoms with Gasteiger partial charge in [0.2, 0.25) is 0 Å². The molecule has 0 saturated heterocycles. The number of hydrogen-bond acceptors (Lipinski definition) is 2. The third kappa shape index (κ3) is 4.50. The summed E-state index contributed by atoms with van der Waals surface area (Å²) in [6.45, 7) is 0. The van der Waals surface area contributed by atoms with Gasteiger partial charge in [-0.3, -0.25) is 5.32 Å².